The first-order valence-corrected chi connectivity index (χ1v) is 9.77. The third kappa shape index (κ3) is 2.83. The van der Waals surface area contributed by atoms with E-state index in [9.17, 15) is 9.90 Å². The summed E-state index contributed by atoms with van der Waals surface area (Å²) >= 11 is 6.04. The van der Waals surface area contributed by atoms with E-state index >= 15 is 0 Å². The molecule has 2 saturated heterocycles. The van der Waals surface area contributed by atoms with E-state index in [0.29, 0.717) is 28.5 Å². The number of fused-ring (bicyclic) bond motifs is 3. The van der Waals surface area contributed by atoms with Crippen LogP contribution < -0.4 is 10.6 Å². The van der Waals surface area contributed by atoms with Crippen LogP contribution in [0.25, 0.3) is 11.2 Å². The van der Waals surface area contributed by atoms with E-state index in [0.717, 1.165) is 5.56 Å². The zero-order valence-electron chi connectivity index (χ0n) is 15.9. The summed E-state index contributed by atoms with van der Waals surface area (Å²) < 4.78 is 13.3. The van der Waals surface area contributed by atoms with Crippen molar-refractivity contribution >= 4 is 34.5 Å². The number of likely N-dealkylation sites (N-methyl/N-ethyl adjacent to an activating group) is 1. The van der Waals surface area contributed by atoms with E-state index in [4.69, 9.17) is 21.1 Å². The van der Waals surface area contributed by atoms with Crippen LogP contribution >= 0.6 is 11.6 Å². The van der Waals surface area contributed by atoms with Gasteiger partial charge in [-0.05, 0) is 17.7 Å². The number of hydrogen-bond acceptors (Lipinski definition) is 8. The number of imidazole rings is 1. The number of anilines is 1. The molecule has 3 aromatic rings. The molecule has 2 aliphatic rings. The number of nitrogens with zero attached hydrogens (tertiary/aromatic N) is 4. The van der Waals surface area contributed by atoms with Gasteiger partial charge < -0.3 is 25.2 Å². The molecule has 0 spiro atoms. The summed E-state index contributed by atoms with van der Waals surface area (Å²) in [7, 11) is 1.49. The number of nitrogens with one attached hydrogen (secondary N) is 2. The molecule has 2 fully saturated rings. The predicted octanol–water partition coefficient (Wildman–Crippen LogP) is 0.865. The average Bonchev–Trinajstić information content (AvgIpc) is 3.42. The number of aromatic nitrogens is 4. The molecule has 1 amide bonds. The lowest BCUT2D eigenvalue weighted by Crippen LogP contribution is -2.53. The van der Waals surface area contributed by atoms with E-state index in [2.05, 4.69) is 25.6 Å². The minimum atomic E-state index is -1.44. The lowest BCUT2D eigenvalue weighted by atomic mass is 9.98. The minimum absolute atomic E-state index is 0.0109. The van der Waals surface area contributed by atoms with Crippen LogP contribution in [-0.4, -0.2) is 62.0 Å². The molecule has 2 bridgehead atoms. The van der Waals surface area contributed by atoms with Gasteiger partial charge >= 0.3 is 0 Å². The fourth-order valence-electron chi connectivity index (χ4n) is 3.97. The van der Waals surface area contributed by atoms with Gasteiger partial charge in [-0.2, -0.15) is 0 Å². The van der Waals surface area contributed by atoms with Gasteiger partial charge in [0.2, 0.25) is 5.60 Å². The summed E-state index contributed by atoms with van der Waals surface area (Å²) in [6.07, 6.45) is 0.411. The van der Waals surface area contributed by atoms with Crippen molar-refractivity contribution in [2.24, 2.45) is 0 Å². The molecule has 2 aliphatic heterocycles. The van der Waals surface area contributed by atoms with Crippen LogP contribution in [-0.2, 0) is 20.8 Å². The first kappa shape index (κ1) is 19.2. The monoisotopic (exact) mass is 430 g/mol. The molecule has 156 valence electrons. The zero-order chi connectivity index (χ0) is 20.9. The van der Waals surface area contributed by atoms with Gasteiger partial charge in [-0.3, -0.25) is 9.36 Å². The third-order valence-electron chi connectivity index (χ3n) is 5.48. The van der Waals surface area contributed by atoms with Gasteiger partial charge in [0.25, 0.3) is 5.91 Å². The van der Waals surface area contributed by atoms with Gasteiger partial charge in [-0.15, -0.1) is 0 Å². The number of benzene rings is 1. The van der Waals surface area contributed by atoms with Crippen molar-refractivity contribution in [3.8, 4) is 0 Å². The van der Waals surface area contributed by atoms with E-state index in [1.807, 2.05) is 24.3 Å². The van der Waals surface area contributed by atoms with Crippen molar-refractivity contribution in [2.75, 3.05) is 19.0 Å². The Bertz CT molecular complexity index is 1120. The number of amides is 1. The molecule has 0 saturated carbocycles. The number of carbonyl (C=O) groups excluding carboxylic acids is 1. The highest BCUT2D eigenvalue weighted by molar-refractivity contribution is 6.30. The molecule has 1 aromatic carbocycles. The van der Waals surface area contributed by atoms with Crippen LogP contribution in [0.3, 0.4) is 0 Å². The number of hydrogen-bond donors (Lipinski definition) is 3. The Kier molecular flexibility index (Phi) is 4.58. The number of halogens is 1. The molecule has 11 heteroatoms. The largest absolute Gasteiger partial charge is 0.387 e. The molecule has 2 aromatic heterocycles. The van der Waals surface area contributed by atoms with Crippen molar-refractivity contribution < 1.29 is 19.4 Å². The summed E-state index contributed by atoms with van der Waals surface area (Å²) in [6, 6.07) is 7.51. The highest BCUT2D eigenvalue weighted by Crippen LogP contribution is 2.45. The number of ether oxygens (including phenoxy) is 2. The van der Waals surface area contributed by atoms with Crippen molar-refractivity contribution in [3.05, 3.63) is 47.5 Å². The summed E-state index contributed by atoms with van der Waals surface area (Å²) in [4.78, 5) is 25.4. The highest BCUT2D eigenvalue weighted by atomic mass is 35.5. The number of carbonyl (C=O) groups is 1. The Balaban J connectivity index is 1.44. The minimum Gasteiger partial charge on any atom is -0.387 e. The van der Waals surface area contributed by atoms with Gasteiger partial charge in [0.1, 0.15) is 18.5 Å². The highest BCUT2D eigenvalue weighted by Gasteiger charge is 2.65. The van der Waals surface area contributed by atoms with E-state index in [1.165, 1.54) is 13.4 Å². The molecular formula is C19H19ClN6O4. The van der Waals surface area contributed by atoms with Crippen LogP contribution in [0.15, 0.2) is 36.9 Å². The topological polar surface area (TPSA) is 123 Å². The summed E-state index contributed by atoms with van der Waals surface area (Å²) in [5.74, 6) is 0.118. The molecule has 10 nitrogen and oxygen atoms in total. The normalized spacial score (nSPS) is 27.5. The smallest absolute Gasteiger partial charge is 0.257 e. The average molecular weight is 431 g/mol. The predicted molar refractivity (Wildman–Crippen MR) is 107 cm³/mol. The van der Waals surface area contributed by atoms with Gasteiger partial charge in [0.15, 0.2) is 23.2 Å². The van der Waals surface area contributed by atoms with E-state index in [-0.39, 0.29) is 6.61 Å². The van der Waals surface area contributed by atoms with Crippen LogP contribution in [0.2, 0.25) is 5.02 Å². The fourth-order valence-corrected chi connectivity index (χ4v) is 4.18. The van der Waals surface area contributed by atoms with Crippen LogP contribution in [0.5, 0.6) is 0 Å². The molecule has 4 heterocycles. The Morgan fingerprint density at radius 2 is 2.27 bits per heavy atom. The first-order valence-electron chi connectivity index (χ1n) is 9.39. The van der Waals surface area contributed by atoms with Gasteiger partial charge in [-0.1, -0.05) is 23.7 Å². The molecule has 1 unspecified atom stereocenters. The maximum absolute atomic E-state index is 12.3. The van der Waals surface area contributed by atoms with Gasteiger partial charge in [0.05, 0.1) is 12.9 Å². The van der Waals surface area contributed by atoms with Crippen molar-refractivity contribution in [3.63, 3.8) is 0 Å². The summed E-state index contributed by atoms with van der Waals surface area (Å²) in [5, 5.41) is 17.0. The second-order valence-electron chi connectivity index (χ2n) is 7.23. The molecular weight excluding hydrogens is 412 g/mol. The van der Waals surface area contributed by atoms with Gasteiger partial charge in [0, 0.05) is 18.6 Å². The Morgan fingerprint density at radius 3 is 3.07 bits per heavy atom. The molecule has 0 aliphatic carbocycles. The standard InChI is InChI=1S/C19H19ClN6O4/c1-21-18(28)19-7-29-13(14(19)27)17(30-19)26-9-25-12-15(23-8-24-16(12)26)22-6-10-3-2-4-11(20)5-10/h2-5,8-9,13-14,17,27H,6-7H2,1H3,(H,21,28)(H,22,23,24)/t13-,14?,17+,19+/m0/s1. The van der Waals surface area contributed by atoms with Crippen molar-refractivity contribution in [1.29, 1.82) is 0 Å². The van der Waals surface area contributed by atoms with Crippen LogP contribution in [0.4, 0.5) is 5.82 Å². The second-order valence-corrected chi connectivity index (χ2v) is 7.66. The zero-order valence-corrected chi connectivity index (χ0v) is 16.7. The van der Waals surface area contributed by atoms with Crippen molar-refractivity contribution in [2.45, 2.75) is 30.6 Å². The van der Waals surface area contributed by atoms with Crippen LogP contribution in [0.1, 0.15) is 11.8 Å². The number of aliphatic hydroxyl groups is 1. The maximum Gasteiger partial charge on any atom is 0.257 e. The Hall–Kier alpha value is -2.79. The fraction of sp³-hybridized carbons (Fsp3) is 0.368. The first-order chi connectivity index (χ1) is 14.5. The second kappa shape index (κ2) is 7.17. The number of rotatable bonds is 5. The van der Waals surface area contributed by atoms with Crippen molar-refractivity contribution in [1.82, 2.24) is 24.8 Å². The summed E-state index contributed by atoms with van der Waals surface area (Å²) in [6.45, 7) is 0.493. The number of aliphatic hydroxyl groups excluding tert-OH is 1. The maximum atomic E-state index is 12.3. The van der Waals surface area contributed by atoms with E-state index in [1.54, 1.807) is 10.9 Å². The van der Waals surface area contributed by atoms with E-state index < -0.39 is 29.9 Å². The van der Waals surface area contributed by atoms with Gasteiger partial charge in [-0.25, -0.2) is 15.0 Å². The molecule has 5 rings (SSSR count). The SMILES string of the molecule is CNC(=O)[C@@]12CO[C@@H](C1O)[C@H](n1cnc3c(NCc4cccc(Cl)c4)ncnc31)O2. The van der Waals surface area contributed by atoms with Crippen LogP contribution in [0, 0.1) is 0 Å². The third-order valence-corrected chi connectivity index (χ3v) is 5.72. The molecule has 0 radical (unpaired) electrons. The molecule has 4 atom stereocenters. The molecule has 3 N–H and O–H groups in total. The Morgan fingerprint density at radius 1 is 1.40 bits per heavy atom. The quantitative estimate of drug-likeness (QED) is 0.544. The summed E-state index contributed by atoms with van der Waals surface area (Å²) in [5.41, 5.74) is 0.587. The lowest BCUT2D eigenvalue weighted by molar-refractivity contribution is -0.184. The lowest BCUT2D eigenvalue weighted by Gasteiger charge is -2.29. The molecule has 30 heavy (non-hydrogen) atoms. The Labute approximate surface area is 176 Å².